The van der Waals surface area contributed by atoms with Gasteiger partial charge in [-0.05, 0) is 45.4 Å². The number of hydrogen-bond acceptors (Lipinski definition) is 2. The zero-order chi connectivity index (χ0) is 12.7. The van der Waals surface area contributed by atoms with E-state index in [1.807, 2.05) is 18.9 Å². The topological polar surface area (TPSA) is 38.1 Å². The molecule has 0 bridgehead atoms. The molecule has 0 aromatic carbocycles. The lowest BCUT2D eigenvalue weighted by Crippen LogP contribution is -2.32. The number of carbonyl (C=O) groups is 1. The Morgan fingerprint density at radius 1 is 1.39 bits per heavy atom. The molecule has 1 aromatic heterocycles. The second-order valence-corrected chi connectivity index (χ2v) is 5.58. The second-order valence-electron chi connectivity index (χ2n) is 5.58. The highest BCUT2D eigenvalue weighted by Crippen LogP contribution is 2.26. The van der Waals surface area contributed by atoms with Crippen LogP contribution in [0, 0.1) is 6.92 Å². The number of aryl methyl sites for hydroxylation is 2. The van der Waals surface area contributed by atoms with Gasteiger partial charge in [0.25, 0.3) is 0 Å². The van der Waals surface area contributed by atoms with Gasteiger partial charge in [0.1, 0.15) is 12.4 Å². The van der Waals surface area contributed by atoms with Crippen molar-refractivity contribution in [3.63, 3.8) is 0 Å². The van der Waals surface area contributed by atoms with Gasteiger partial charge in [-0.1, -0.05) is 0 Å². The van der Waals surface area contributed by atoms with E-state index >= 15 is 0 Å². The monoisotopic (exact) mass is 247 g/mol. The summed E-state index contributed by atoms with van der Waals surface area (Å²) in [5.41, 5.74) is 2.52. The first-order chi connectivity index (χ1) is 8.66. The summed E-state index contributed by atoms with van der Waals surface area (Å²) in [6, 6.07) is 0.497. The molecule has 0 spiro atoms. The van der Waals surface area contributed by atoms with E-state index in [9.17, 15) is 4.79 Å². The highest BCUT2D eigenvalue weighted by atomic mass is 16.2. The van der Waals surface area contributed by atoms with Crippen LogP contribution in [0.3, 0.4) is 0 Å². The molecule has 4 heteroatoms. The summed E-state index contributed by atoms with van der Waals surface area (Å²) in [5, 5.41) is 0. The number of aromatic nitrogens is 2. The molecule has 1 saturated carbocycles. The Kier molecular flexibility index (Phi) is 2.88. The average molecular weight is 247 g/mol. The lowest BCUT2D eigenvalue weighted by atomic mass is 10.0. The number of hydrogen-bond donors (Lipinski definition) is 0. The van der Waals surface area contributed by atoms with Crippen molar-refractivity contribution >= 4 is 5.91 Å². The van der Waals surface area contributed by atoms with E-state index in [0.29, 0.717) is 12.6 Å². The Bertz CT molecular complexity index is 474. The van der Waals surface area contributed by atoms with E-state index in [-0.39, 0.29) is 5.91 Å². The van der Waals surface area contributed by atoms with Gasteiger partial charge in [-0.15, -0.1) is 0 Å². The van der Waals surface area contributed by atoms with Gasteiger partial charge < -0.3 is 9.47 Å². The van der Waals surface area contributed by atoms with Crippen LogP contribution in [0.5, 0.6) is 0 Å². The van der Waals surface area contributed by atoms with E-state index < -0.39 is 0 Å². The average Bonchev–Trinajstić information content (AvgIpc) is 3.15. The minimum atomic E-state index is 0.228. The van der Waals surface area contributed by atoms with Crippen molar-refractivity contribution in [1.29, 1.82) is 0 Å². The van der Waals surface area contributed by atoms with Crippen molar-refractivity contribution in [3.8, 4) is 0 Å². The maximum Gasteiger partial charge on any atom is 0.242 e. The van der Waals surface area contributed by atoms with E-state index in [2.05, 4.69) is 9.55 Å². The highest BCUT2D eigenvalue weighted by Gasteiger charge is 2.30. The minimum Gasteiger partial charge on any atom is -0.341 e. The van der Waals surface area contributed by atoms with Gasteiger partial charge in [-0.25, -0.2) is 4.98 Å². The Morgan fingerprint density at radius 3 is 2.83 bits per heavy atom. The molecular weight excluding hydrogens is 226 g/mol. The fourth-order valence-electron chi connectivity index (χ4n) is 2.86. The first-order valence-electron chi connectivity index (χ1n) is 6.97. The molecule has 0 unspecified atom stereocenters. The van der Waals surface area contributed by atoms with Crippen LogP contribution in [-0.2, 0) is 24.2 Å². The van der Waals surface area contributed by atoms with Gasteiger partial charge >= 0.3 is 0 Å². The van der Waals surface area contributed by atoms with Gasteiger partial charge in [0.15, 0.2) is 0 Å². The molecule has 0 atom stereocenters. The number of nitrogens with zero attached hydrogens (tertiary/aromatic N) is 3. The van der Waals surface area contributed by atoms with Crippen molar-refractivity contribution in [2.45, 2.75) is 58.0 Å². The van der Waals surface area contributed by atoms with Crippen molar-refractivity contribution in [2.24, 2.45) is 0 Å². The van der Waals surface area contributed by atoms with Crippen LogP contribution >= 0.6 is 0 Å². The molecule has 18 heavy (non-hydrogen) atoms. The van der Waals surface area contributed by atoms with Crippen LogP contribution < -0.4 is 0 Å². The van der Waals surface area contributed by atoms with Gasteiger partial charge in [0.2, 0.25) is 5.91 Å². The van der Waals surface area contributed by atoms with E-state index in [1.165, 1.54) is 37.1 Å². The zero-order valence-electron chi connectivity index (χ0n) is 11.3. The molecular formula is C14H21N3O. The normalized spacial score (nSPS) is 18.6. The Labute approximate surface area is 108 Å². The summed E-state index contributed by atoms with van der Waals surface area (Å²) < 4.78 is 2.13. The number of likely N-dealkylation sites (N-methyl/N-ethyl adjacent to an activating group) is 1. The van der Waals surface area contributed by atoms with Gasteiger partial charge in [-0.3, -0.25) is 4.79 Å². The van der Waals surface area contributed by atoms with E-state index in [4.69, 9.17) is 0 Å². The first-order valence-corrected chi connectivity index (χ1v) is 6.97. The first kappa shape index (κ1) is 11.8. The van der Waals surface area contributed by atoms with Crippen molar-refractivity contribution in [2.75, 3.05) is 7.05 Å². The third-order valence-corrected chi connectivity index (χ3v) is 4.20. The van der Waals surface area contributed by atoms with Gasteiger partial charge in [0.05, 0.1) is 5.69 Å². The minimum absolute atomic E-state index is 0.228. The van der Waals surface area contributed by atoms with Crippen molar-refractivity contribution in [3.05, 3.63) is 17.2 Å². The second kappa shape index (κ2) is 4.41. The molecule has 0 saturated heterocycles. The molecule has 2 aliphatic carbocycles. The molecule has 0 N–H and O–H groups in total. The maximum atomic E-state index is 12.2. The number of amides is 1. The lowest BCUT2D eigenvalue weighted by Gasteiger charge is -2.19. The summed E-state index contributed by atoms with van der Waals surface area (Å²) in [7, 11) is 1.93. The van der Waals surface area contributed by atoms with E-state index in [0.717, 1.165) is 18.7 Å². The summed E-state index contributed by atoms with van der Waals surface area (Å²) in [6.07, 6.45) is 6.96. The molecule has 1 fully saturated rings. The largest absolute Gasteiger partial charge is 0.341 e. The van der Waals surface area contributed by atoms with Crippen LogP contribution in [0.25, 0.3) is 0 Å². The van der Waals surface area contributed by atoms with Crippen LogP contribution in [0.15, 0.2) is 0 Å². The van der Waals surface area contributed by atoms with Crippen LogP contribution in [0.2, 0.25) is 0 Å². The predicted octanol–water partition coefficient (Wildman–Crippen LogP) is 1.69. The van der Waals surface area contributed by atoms with Crippen molar-refractivity contribution in [1.82, 2.24) is 14.5 Å². The quantitative estimate of drug-likeness (QED) is 0.815. The Balaban J connectivity index is 1.79. The number of carbonyl (C=O) groups excluding carboxylic acids is 1. The summed E-state index contributed by atoms with van der Waals surface area (Å²) in [6.45, 7) is 2.49. The fraction of sp³-hybridized carbons (Fsp3) is 0.714. The standard InChI is InChI=1S/C14H21N3O/c1-10-15-12-5-3-4-6-13(12)17(10)9-14(18)16(2)11-7-8-11/h11H,3-9H2,1-2H3. The molecule has 0 aliphatic heterocycles. The Hall–Kier alpha value is -1.32. The maximum absolute atomic E-state index is 12.2. The number of fused-ring (bicyclic) bond motifs is 1. The Morgan fingerprint density at radius 2 is 2.11 bits per heavy atom. The third kappa shape index (κ3) is 2.04. The highest BCUT2D eigenvalue weighted by molar-refractivity contribution is 5.76. The molecule has 0 radical (unpaired) electrons. The molecule has 1 heterocycles. The smallest absolute Gasteiger partial charge is 0.242 e. The SMILES string of the molecule is Cc1nc2c(n1CC(=O)N(C)C1CC1)CCCC2. The van der Waals surface area contributed by atoms with Crippen molar-refractivity contribution < 1.29 is 4.79 Å². The molecule has 1 amide bonds. The predicted molar refractivity (Wildman–Crippen MR) is 69.4 cm³/mol. The van der Waals surface area contributed by atoms with Gasteiger partial charge in [-0.2, -0.15) is 0 Å². The molecule has 98 valence electrons. The van der Waals surface area contributed by atoms with Crippen LogP contribution in [0.4, 0.5) is 0 Å². The fourth-order valence-corrected chi connectivity index (χ4v) is 2.86. The van der Waals surface area contributed by atoms with E-state index in [1.54, 1.807) is 0 Å². The lowest BCUT2D eigenvalue weighted by molar-refractivity contribution is -0.131. The van der Waals surface area contributed by atoms with Crippen LogP contribution in [-0.4, -0.2) is 33.4 Å². The zero-order valence-corrected chi connectivity index (χ0v) is 11.3. The third-order valence-electron chi connectivity index (χ3n) is 4.20. The summed E-state index contributed by atoms with van der Waals surface area (Å²) in [4.78, 5) is 18.7. The molecule has 1 aromatic rings. The molecule has 2 aliphatic rings. The number of imidazole rings is 1. The molecule has 3 rings (SSSR count). The summed E-state index contributed by atoms with van der Waals surface area (Å²) in [5.74, 6) is 1.23. The molecule has 4 nitrogen and oxygen atoms in total. The number of rotatable bonds is 3. The summed E-state index contributed by atoms with van der Waals surface area (Å²) >= 11 is 0. The van der Waals surface area contributed by atoms with Crippen LogP contribution in [0.1, 0.15) is 42.9 Å². The van der Waals surface area contributed by atoms with Gasteiger partial charge in [0, 0.05) is 18.8 Å².